The van der Waals surface area contributed by atoms with Gasteiger partial charge in [-0.3, -0.25) is 9.59 Å². The Morgan fingerprint density at radius 3 is 1.91 bits per heavy atom. The van der Waals surface area contributed by atoms with Crippen molar-refractivity contribution in [2.75, 3.05) is 0 Å². The molecule has 0 bridgehead atoms. The summed E-state index contributed by atoms with van der Waals surface area (Å²) < 4.78 is 11.6. The largest absolute Gasteiger partial charge is 0.481 e. The molecule has 5 nitrogen and oxygen atoms in total. The molecule has 0 aliphatic heterocycles. The lowest BCUT2D eigenvalue weighted by atomic mass is 10.0. The summed E-state index contributed by atoms with van der Waals surface area (Å²) in [6, 6.07) is 10.3. The van der Waals surface area contributed by atoms with Crippen molar-refractivity contribution in [1.29, 1.82) is 0 Å². The van der Waals surface area contributed by atoms with Crippen molar-refractivity contribution in [3.63, 3.8) is 0 Å². The van der Waals surface area contributed by atoms with Crippen LogP contribution in [0.4, 0.5) is 0 Å². The van der Waals surface area contributed by atoms with Gasteiger partial charge in [-0.1, -0.05) is 75.8 Å². The molecule has 0 radical (unpaired) electrons. The lowest BCUT2D eigenvalue weighted by Gasteiger charge is -2.19. The smallest absolute Gasteiger partial charge is 0.303 e. The predicted octanol–water partition coefficient (Wildman–Crippen LogP) is 7.07. The van der Waals surface area contributed by atoms with Crippen LogP contribution < -0.4 is 0 Å². The Hall–Kier alpha value is -1.88. The molecule has 0 aromatic heterocycles. The number of carbonyl (C=O) groups excluding carboxylic acids is 1. The molecule has 0 saturated heterocycles. The van der Waals surface area contributed by atoms with Gasteiger partial charge < -0.3 is 14.6 Å². The third-order valence-corrected chi connectivity index (χ3v) is 5.84. The molecule has 1 aromatic rings. The molecule has 32 heavy (non-hydrogen) atoms. The number of esters is 1. The molecule has 0 amide bonds. The Labute approximate surface area is 194 Å². The monoisotopic (exact) mass is 448 g/mol. The third-order valence-electron chi connectivity index (χ3n) is 5.84. The summed E-state index contributed by atoms with van der Waals surface area (Å²) in [5, 5.41) is 8.64. The van der Waals surface area contributed by atoms with Crippen LogP contribution in [-0.4, -0.2) is 29.3 Å². The summed E-state index contributed by atoms with van der Waals surface area (Å²) in [4.78, 5) is 22.0. The molecule has 5 heteroatoms. The molecule has 1 rings (SSSR count). The van der Waals surface area contributed by atoms with E-state index in [4.69, 9.17) is 14.6 Å². The summed E-state index contributed by atoms with van der Waals surface area (Å²) in [6.45, 7) is 4.33. The van der Waals surface area contributed by atoms with Crippen molar-refractivity contribution in [2.24, 2.45) is 0 Å². The van der Waals surface area contributed by atoms with Crippen LogP contribution in [0.3, 0.4) is 0 Å². The minimum atomic E-state index is -0.702. The SMILES string of the molecule is CCC(CCCCC(CCCCCCCCCC(=O)O)OC(C)=O)OCc1ccccc1. The first-order valence-corrected chi connectivity index (χ1v) is 12.6. The standard InChI is InChI=1S/C27H44O5/c1-3-25(31-22-24-16-10-9-11-17-24)18-14-15-20-26(32-23(2)28)19-12-7-5-4-6-8-13-21-27(29)30/h9-11,16-17,25-26H,3-8,12-15,18-22H2,1-2H3,(H,29,30). The molecule has 0 aliphatic rings. The van der Waals surface area contributed by atoms with Gasteiger partial charge in [-0.05, 0) is 50.5 Å². The number of ether oxygens (including phenoxy) is 2. The van der Waals surface area contributed by atoms with Crippen LogP contribution in [0, 0.1) is 0 Å². The zero-order chi connectivity index (χ0) is 23.4. The lowest BCUT2D eigenvalue weighted by Crippen LogP contribution is -2.17. The first-order chi connectivity index (χ1) is 15.5. The lowest BCUT2D eigenvalue weighted by molar-refractivity contribution is -0.147. The number of rotatable bonds is 20. The van der Waals surface area contributed by atoms with Gasteiger partial charge in [0.1, 0.15) is 6.10 Å². The fraction of sp³-hybridized carbons (Fsp3) is 0.704. The van der Waals surface area contributed by atoms with Crippen LogP contribution in [0.15, 0.2) is 30.3 Å². The zero-order valence-electron chi connectivity index (χ0n) is 20.2. The fourth-order valence-corrected chi connectivity index (χ4v) is 3.97. The van der Waals surface area contributed by atoms with Crippen molar-refractivity contribution < 1.29 is 24.2 Å². The Morgan fingerprint density at radius 2 is 1.34 bits per heavy atom. The maximum Gasteiger partial charge on any atom is 0.303 e. The first kappa shape index (κ1) is 28.2. The second-order valence-electron chi connectivity index (χ2n) is 8.75. The summed E-state index contributed by atoms with van der Waals surface area (Å²) in [5.74, 6) is -0.891. The van der Waals surface area contributed by atoms with E-state index in [0.717, 1.165) is 83.5 Å². The van der Waals surface area contributed by atoms with Gasteiger partial charge in [0.2, 0.25) is 0 Å². The molecule has 1 aromatic carbocycles. The summed E-state index contributed by atoms with van der Waals surface area (Å²) >= 11 is 0. The molecule has 0 fully saturated rings. The molecule has 2 unspecified atom stereocenters. The highest BCUT2D eigenvalue weighted by molar-refractivity contribution is 5.66. The van der Waals surface area contributed by atoms with E-state index in [1.165, 1.54) is 12.5 Å². The van der Waals surface area contributed by atoms with E-state index < -0.39 is 5.97 Å². The normalized spacial score (nSPS) is 12.9. The van der Waals surface area contributed by atoms with Gasteiger partial charge in [0.05, 0.1) is 12.7 Å². The molecule has 0 aliphatic carbocycles. The molecule has 2 atom stereocenters. The van der Waals surface area contributed by atoms with Crippen LogP contribution in [-0.2, 0) is 25.7 Å². The van der Waals surface area contributed by atoms with Crippen LogP contribution in [0.1, 0.15) is 109 Å². The van der Waals surface area contributed by atoms with Crippen LogP contribution in [0.25, 0.3) is 0 Å². The molecule has 0 spiro atoms. The Bertz CT molecular complexity index is 601. The number of hydrogen-bond acceptors (Lipinski definition) is 4. The van der Waals surface area contributed by atoms with Crippen molar-refractivity contribution >= 4 is 11.9 Å². The first-order valence-electron chi connectivity index (χ1n) is 12.6. The summed E-state index contributed by atoms with van der Waals surface area (Å²) in [5.41, 5.74) is 1.21. The predicted molar refractivity (Wildman–Crippen MR) is 129 cm³/mol. The second-order valence-corrected chi connectivity index (χ2v) is 8.75. The maximum atomic E-state index is 11.5. The third kappa shape index (κ3) is 15.9. The van der Waals surface area contributed by atoms with Gasteiger partial charge in [-0.25, -0.2) is 0 Å². The molecule has 0 saturated carbocycles. The number of carbonyl (C=O) groups is 2. The highest BCUT2D eigenvalue weighted by atomic mass is 16.5. The second kappa shape index (κ2) is 18.7. The van der Waals surface area contributed by atoms with Gasteiger partial charge in [0, 0.05) is 13.3 Å². The topological polar surface area (TPSA) is 72.8 Å². The highest BCUT2D eigenvalue weighted by Crippen LogP contribution is 2.18. The van der Waals surface area contributed by atoms with Gasteiger partial charge in [0.15, 0.2) is 0 Å². The van der Waals surface area contributed by atoms with E-state index in [1.807, 2.05) is 18.2 Å². The van der Waals surface area contributed by atoms with E-state index in [2.05, 4.69) is 19.1 Å². The average Bonchev–Trinajstić information content (AvgIpc) is 2.77. The maximum absolute atomic E-state index is 11.5. The molecular weight excluding hydrogens is 404 g/mol. The van der Waals surface area contributed by atoms with Crippen molar-refractivity contribution in [3.8, 4) is 0 Å². The highest BCUT2D eigenvalue weighted by Gasteiger charge is 2.13. The Morgan fingerprint density at radius 1 is 0.812 bits per heavy atom. The molecule has 0 heterocycles. The van der Waals surface area contributed by atoms with Gasteiger partial charge in [-0.15, -0.1) is 0 Å². The Kier molecular flexibility index (Phi) is 16.4. The molecular formula is C27H44O5. The van der Waals surface area contributed by atoms with E-state index in [0.29, 0.717) is 6.61 Å². The summed E-state index contributed by atoms with van der Waals surface area (Å²) in [7, 11) is 0. The van der Waals surface area contributed by atoms with Crippen LogP contribution in [0.5, 0.6) is 0 Å². The quantitative estimate of drug-likeness (QED) is 0.171. The van der Waals surface area contributed by atoms with Gasteiger partial charge in [0.25, 0.3) is 0 Å². The van der Waals surface area contributed by atoms with E-state index in [1.54, 1.807) is 0 Å². The van der Waals surface area contributed by atoms with Crippen LogP contribution in [0.2, 0.25) is 0 Å². The average molecular weight is 449 g/mol. The zero-order valence-corrected chi connectivity index (χ0v) is 20.2. The minimum absolute atomic E-state index is 0.0216. The minimum Gasteiger partial charge on any atom is -0.481 e. The van der Waals surface area contributed by atoms with Gasteiger partial charge >= 0.3 is 11.9 Å². The van der Waals surface area contributed by atoms with E-state index in [-0.39, 0.29) is 24.6 Å². The van der Waals surface area contributed by atoms with Crippen molar-refractivity contribution in [2.45, 2.75) is 123 Å². The number of carboxylic acids is 1. The number of unbranched alkanes of at least 4 members (excludes halogenated alkanes) is 7. The summed E-state index contributed by atoms with van der Waals surface area (Å²) in [6.07, 6.45) is 14.0. The molecule has 1 N–H and O–H groups in total. The number of aliphatic carboxylic acids is 1. The van der Waals surface area contributed by atoms with Gasteiger partial charge in [-0.2, -0.15) is 0 Å². The van der Waals surface area contributed by atoms with Crippen molar-refractivity contribution in [1.82, 2.24) is 0 Å². The fourth-order valence-electron chi connectivity index (χ4n) is 3.97. The Balaban J connectivity index is 2.14. The van der Waals surface area contributed by atoms with Crippen LogP contribution >= 0.6 is 0 Å². The number of hydrogen-bond donors (Lipinski definition) is 1. The van der Waals surface area contributed by atoms with E-state index in [9.17, 15) is 9.59 Å². The number of carboxylic acid groups (broad SMARTS) is 1. The number of benzene rings is 1. The van der Waals surface area contributed by atoms with E-state index >= 15 is 0 Å². The van der Waals surface area contributed by atoms with Crippen molar-refractivity contribution in [3.05, 3.63) is 35.9 Å². The molecule has 182 valence electrons.